The molecule has 22 heavy (non-hydrogen) atoms. The molecule has 0 saturated carbocycles. The molecule has 0 aromatic heterocycles. The predicted octanol–water partition coefficient (Wildman–Crippen LogP) is 2.02. The molecule has 1 saturated heterocycles. The molecule has 2 N–H and O–H groups in total. The van der Waals surface area contributed by atoms with E-state index in [1.54, 1.807) is 0 Å². The first kappa shape index (κ1) is 16.7. The average molecular weight is 328 g/mol. The second-order valence-electron chi connectivity index (χ2n) is 5.21. The maximum Gasteiger partial charge on any atom is 0.313 e. The summed E-state index contributed by atoms with van der Waals surface area (Å²) in [5.74, 6) is -2.33. The van der Waals surface area contributed by atoms with Crippen molar-refractivity contribution in [3.63, 3.8) is 0 Å². The fourth-order valence-electron chi connectivity index (χ4n) is 2.60. The molecular weight excluding hydrogens is 309 g/mol. The van der Waals surface area contributed by atoms with Gasteiger partial charge in [0, 0.05) is 17.6 Å². The van der Waals surface area contributed by atoms with Gasteiger partial charge in [-0.15, -0.1) is 0 Å². The Labute approximate surface area is 133 Å². The predicted molar refractivity (Wildman–Crippen MR) is 83.3 cm³/mol. The fourth-order valence-corrected chi connectivity index (χ4v) is 2.76. The van der Waals surface area contributed by atoms with E-state index in [1.807, 2.05) is 0 Å². The number of halogens is 2. The molecule has 5 nitrogen and oxygen atoms in total. The molecule has 0 unspecified atom stereocenters. The highest BCUT2D eigenvalue weighted by atomic mass is 35.5. The lowest BCUT2D eigenvalue weighted by molar-refractivity contribution is -0.136. The molecule has 0 bridgehead atoms. The van der Waals surface area contributed by atoms with Gasteiger partial charge in [-0.2, -0.15) is 0 Å². The Kier molecular flexibility index (Phi) is 5.74. The molecule has 1 aliphatic heterocycles. The van der Waals surface area contributed by atoms with E-state index >= 15 is 0 Å². The van der Waals surface area contributed by atoms with Crippen molar-refractivity contribution in [1.82, 2.24) is 10.2 Å². The summed E-state index contributed by atoms with van der Waals surface area (Å²) in [4.78, 5) is 25.8. The van der Waals surface area contributed by atoms with Crippen LogP contribution in [0.4, 0.5) is 10.1 Å². The highest BCUT2D eigenvalue weighted by Gasteiger charge is 2.24. The number of amides is 2. The topological polar surface area (TPSA) is 61.4 Å². The Balaban J connectivity index is 1.85. The second-order valence-corrected chi connectivity index (χ2v) is 5.65. The summed E-state index contributed by atoms with van der Waals surface area (Å²) < 4.78 is 13.6. The average Bonchev–Trinajstić information content (AvgIpc) is 2.95. The van der Waals surface area contributed by atoms with Gasteiger partial charge in [0.15, 0.2) is 0 Å². The van der Waals surface area contributed by atoms with Gasteiger partial charge in [-0.3, -0.25) is 14.5 Å². The second kappa shape index (κ2) is 7.56. The van der Waals surface area contributed by atoms with Crippen LogP contribution in [0.3, 0.4) is 0 Å². The van der Waals surface area contributed by atoms with Gasteiger partial charge >= 0.3 is 11.8 Å². The maximum atomic E-state index is 13.6. The van der Waals surface area contributed by atoms with Gasteiger partial charge in [0.1, 0.15) is 5.82 Å². The van der Waals surface area contributed by atoms with E-state index in [-0.39, 0.29) is 16.8 Å². The van der Waals surface area contributed by atoms with Crippen molar-refractivity contribution in [2.24, 2.45) is 0 Å². The molecule has 2 rings (SSSR count). The van der Waals surface area contributed by atoms with Crippen molar-refractivity contribution in [2.75, 3.05) is 25.0 Å². The van der Waals surface area contributed by atoms with Crippen molar-refractivity contribution in [1.29, 1.82) is 0 Å². The number of carbonyl (C=O) groups is 2. The molecule has 0 radical (unpaired) electrons. The van der Waals surface area contributed by atoms with Crippen molar-refractivity contribution < 1.29 is 14.0 Å². The fraction of sp³-hybridized carbons (Fsp3) is 0.467. The Morgan fingerprint density at radius 3 is 2.86 bits per heavy atom. The van der Waals surface area contributed by atoms with E-state index in [0.29, 0.717) is 6.54 Å². The van der Waals surface area contributed by atoms with Crippen LogP contribution in [0.25, 0.3) is 0 Å². The zero-order valence-electron chi connectivity index (χ0n) is 12.4. The highest BCUT2D eigenvalue weighted by molar-refractivity contribution is 6.39. The van der Waals surface area contributed by atoms with Crippen LogP contribution >= 0.6 is 11.6 Å². The summed E-state index contributed by atoms with van der Waals surface area (Å²) in [6, 6.07) is 4.09. The minimum absolute atomic E-state index is 0.0689. The lowest BCUT2D eigenvalue weighted by atomic mass is 10.2. The number of hydrogen-bond acceptors (Lipinski definition) is 3. The molecule has 1 aromatic rings. The lowest BCUT2D eigenvalue weighted by Gasteiger charge is -2.22. The first-order chi connectivity index (χ1) is 10.5. The molecule has 1 heterocycles. The van der Waals surface area contributed by atoms with Crippen LogP contribution < -0.4 is 10.6 Å². The minimum atomic E-state index is -0.887. The molecule has 120 valence electrons. The largest absolute Gasteiger partial charge is 0.346 e. The zero-order valence-corrected chi connectivity index (χ0v) is 13.1. The smallest absolute Gasteiger partial charge is 0.313 e. The number of nitrogens with one attached hydrogen (secondary N) is 2. The highest BCUT2D eigenvalue weighted by Crippen LogP contribution is 2.19. The van der Waals surface area contributed by atoms with E-state index < -0.39 is 17.6 Å². The number of likely N-dealkylation sites (tertiary alicyclic amines) is 1. The van der Waals surface area contributed by atoms with E-state index in [1.165, 1.54) is 12.1 Å². The Hall–Kier alpha value is -1.66. The van der Waals surface area contributed by atoms with Crippen molar-refractivity contribution in [2.45, 2.75) is 25.8 Å². The number of carbonyl (C=O) groups excluding carboxylic acids is 2. The normalized spacial score (nSPS) is 18.2. The minimum Gasteiger partial charge on any atom is -0.346 e. The van der Waals surface area contributed by atoms with Crippen LogP contribution in [0.2, 0.25) is 5.02 Å². The quantitative estimate of drug-likeness (QED) is 0.832. The van der Waals surface area contributed by atoms with Crippen LogP contribution in [-0.4, -0.2) is 42.4 Å². The van der Waals surface area contributed by atoms with Crippen LogP contribution in [0, 0.1) is 5.82 Å². The van der Waals surface area contributed by atoms with Crippen LogP contribution in [-0.2, 0) is 9.59 Å². The van der Waals surface area contributed by atoms with Crippen LogP contribution in [0.5, 0.6) is 0 Å². The Morgan fingerprint density at radius 1 is 1.41 bits per heavy atom. The molecule has 1 aliphatic rings. The summed E-state index contributed by atoms with van der Waals surface area (Å²) in [6.07, 6.45) is 2.10. The maximum absolute atomic E-state index is 13.6. The molecule has 0 spiro atoms. The Morgan fingerprint density at radius 2 is 2.18 bits per heavy atom. The summed E-state index contributed by atoms with van der Waals surface area (Å²) >= 11 is 5.63. The first-order valence-corrected chi connectivity index (χ1v) is 7.67. The number of likely N-dealkylation sites (N-methyl/N-ethyl adjacent to an activating group) is 1. The van der Waals surface area contributed by atoms with E-state index in [0.717, 1.165) is 32.0 Å². The summed E-state index contributed by atoms with van der Waals surface area (Å²) in [5.41, 5.74) is -0.0689. The van der Waals surface area contributed by atoms with Crippen LogP contribution in [0.1, 0.15) is 19.8 Å². The van der Waals surface area contributed by atoms with E-state index in [9.17, 15) is 14.0 Å². The summed E-state index contributed by atoms with van der Waals surface area (Å²) in [5, 5.41) is 5.06. The number of nitrogens with zero attached hydrogens (tertiary/aromatic N) is 1. The van der Waals surface area contributed by atoms with E-state index in [2.05, 4.69) is 22.5 Å². The van der Waals surface area contributed by atoms with Gasteiger partial charge in [-0.1, -0.05) is 18.5 Å². The van der Waals surface area contributed by atoms with Crippen LogP contribution in [0.15, 0.2) is 18.2 Å². The third kappa shape index (κ3) is 4.18. The SMILES string of the molecule is CCN1CCC[C@H]1CNC(=O)C(=O)Nc1ccc(Cl)cc1F. The van der Waals surface area contributed by atoms with E-state index in [4.69, 9.17) is 11.6 Å². The summed E-state index contributed by atoms with van der Waals surface area (Å²) in [6.45, 7) is 4.42. The molecule has 1 fully saturated rings. The molecule has 1 aromatic carbocycles. The van der Waals surface area contributed by atoms with Gasteiger partial charge in [0.25, 0.3) is 0 Å². The molecule has 7 heteroatoms. The Bertz CT molecular complexity index is 568. The lowest BCUT2D eigenvalue weighted by Crippen LogP contribution is -2.43. The van der Waals surface area contributed by atoms with Gasteiger partial charge < -0.3 is 10.6 Å². The zero-order chi connectivity index (χ0) is 16.1. The van der Waals surface area contributed by atoms with Gasteiger partial charge in [-0.25, -0.2) is 4.39 Å². The van der Waals surface area contributed by atoms with Gasteiger partial charge in [0.2, 0.25) is 0 Å². The number of benzene rings is 1. The number of rotatable bonds is 4. The summed E-state index contributed by atoms with van der Waals surface area (Å²) in [7, 11) is 0. The molecule has 2 amide bonds. The monoisotopic (exact) mass is 327 g/mol. The van der Waals surface area contributed by atoms with Gasteiger partial charge in [-0.05, 0) is 44.1 Å². The number of hydrogen-bond donors (Lipinski definition) is 2. The molecule has 1 atom stereocenters. The van der Waals surface area contributed by atoms with Crippen molar-refractivity contribution >= 4 is 29.1 Å². The van der Waals surface area contributed by atoms with Crippen molar-refractivity contribution in [3.05, 3.63) is 29.0 Å². The first-order valence-electron chi connectivity index (χ1n) is 7.29. The standard InChI is InChI=1S/C15H19ClFN3O2/c1-2-20-7-3-4-11(20)9-18-14(21)15(22)19-13-6-5-10(16)8-12(13)17/h5-6,8,11H,2-4,7,9H2,1H3,(H,18,21)(H,19,22)/t11-/m0/s1. The number of anilines is 1. The molecule has 0 aliphatic carbocycles. The van der Waals surface area contributed by atoms with Crippen molar-refractivity contribution in [3.8, 4) is 0 Å². The third-order valence-electron chi connectivity index (χ3n) is 3.79. The molecular formula is C15H19ClFN3O2. The van der Waals surface area contributed by atoms with Gasteiger partial charge in [0.05, 0.1) is 5.69 Å². The third-order valence-corrected chi connectivity index (χ3v) is 4.02.